The van der Waals surface area contributed by atoms with Crippen molar-refractivity contribution in [2.45, 2.75) is 6.92 Å². The van der Waals surface area contributed by atoms with Crippen LogP contribution in [0.3, 0.4) is 0 Å². The first kappa shape index (κ1) is 13.8. The predicted octanol–water partition coefficient (Wildman–Crippen LogP) is 1.95. The summed E-state index contributed by atoms with van der Waals surface area (Å²) in [6, 6.07) is 8.94. The Balaban J connectivity index is 2.20. The molecule has 0 aliphatic heterocycles. The van der Waals surface area contributed by atoms with Crippen molar-refractivity contribution in [1.29, 1.82) is 0 Å². The molecule has 4 nitrogen and oxygen atoms in total. The van der Waals surface area contributed by atoms with Crippen molar-refractivity contribution in [3.05, 3.63) is 59.4 Å². The predicted molar refractivity (Wildman–Crippen MR) is 79.3 cm³/mol. The summed E-state index contributed by atoms with van der Waals surface area (Å²) in [5.74, 6) is 5.63. The first-order valence-electron chi connectivity index (χ1n) is 6.21. The Bertz CT molecular complexity index is 669. The van der Waals surface area contributed by atoms with Crippen molar-refractivity contribution >= 4 is 11.6 Å². The Morgan fingerprint density at radius 1 is 1.30 bits per heavy atom. The molecule has 2 aromatic rings. The van der Waals surface area contributed by atoms with Crippen molar-refractivity contribution < 1.29 is 4.79 Å². The van der Waals surface area contributed by atoms with Gasteiger partial charge in [0.2, 0.25) is 0 Å². The van der Waals surface area contributed by atoms with Crippen LogP contribution in [-0.4, -0.2) is 17.4 Å². The van der Waals surface area contributed by atoms with E-state index in [0.29, 0.717) is 17.8 Å². The molecule has 0 unspecified atom stereocenters. The fraction of sp³-hybridized carbons (Fsp3) is 0.125. The molecule has 20 heavy (non-hydrogen) atoms. The summed E-state index contributed by atoms with van der Waals surface area (Å²) < 4.78 is 0. The fourth-order valence-corrected chi connectivity index (χ4v) is 1.69. The molecule has 1 aromatic carbocycles. The van der Waals surface area contributed by atoms with E-state index in [-0.39, 0.29) is 5.91 Å². The van der Waals surface area contributed by atoms with Crippen molar-refractivity contribution in [1.82, 2.24) is 4.98 Å². The molecule has 4 heteroatoms. The molecule has 1 heterocycles. The number of pyridine rings is 1. The molecule has 0 saturated heterocycles. The van der Waals surface area contributed by atoms with E-state index in [4.69, 9.17) is 5.73 Å². The van der Waals surface area contributed by atoms with Gasteiger partial charge in [-0.3, -0.25) is 9.78 Å². The van der Waals surface area contributed by atoms with Gasteiger partial charge in [0.1, 0.15) is 0 Å². The fourth-order valence-electron chi connectivity index (χ4n) is 1.69. The summed E-state index contributed by atoms with van der Waals surface area (Å²) in [6.45, 7) is 2.28. The van der Waals surface area contributed by atoms with Crippen LogP contribution in [0.4, 0.5) is 5.69 Å². The summed E-state index contributed by atoms with van der Waals surface area (Å²) in [4.78, 5) is 15.9. The number of nitrogens with two attached hydrogens (primary N) is 1. The van der Waals surface area contributed by atoms with Crippen molar-refractivity contribution in [2.24, 2.45) is 5.73 Å². The van der Waals surface area contributed by atoms with E-state index in [0.717, 1.165) is 11.1 Å². The topological polar surface area (TPSA) is 68.0 Å². The molecule has 3 N–H and O–H groups in total. The van der Waals surface area contributed by atoms with Gasteiger partial charge in [0.05, 0.1) is 6.54 Å². The normalized spacial score (nSPS) is 9.50. The minimum atomic E-state index is -0.172. The Labute approximate surface area is 118 Å². The number of carbonyl (C=O) groups excluding carboxylic acids is 1. The molecule has 0 bridgehead atoms. The molecule has 0 radical (unpaired) electrons. The van der Waals surface area contributed by atoms with E-state index in [1.165, 1.54) is 0 Å². The van der Waals surface area contributed by atoms with Crippen molar-refractivity contribution in [3.8, 4) is 11.8 Å². The molecular formula is C16H15N3O. The second-order valence-electron chi connectivity index (χ2n) is 4.23. The van der Waals surface area contributed by atoms with Gasteiger partial charge in [-0.1, -0.05) is 17.9 Å². The number of aryl methyl sites for hydroxylation is 1. The van der Waals surface area contributed by atoms with Gasteiger partial charge < -0.3 is 11.1 Å². The summed E-state index contributed by atoms with van der Waals surface area (Å²) in [5, 5.41) is 2.84. The van der Waals surface area contributed by atoms with Gasteiger partial charge in [0.15, 0.2) is 0 Å². The second-order valence-corrected chi connectivity index (χ2v) is 4.23. The molecule has 2 rings (SSSR count). The highest BCUT2D eigenvalue weighted by atomic mass is 16.1. The first-order valence-corrected chi connectivity index (χ1v) is 6.21. The number of aromatic nitrogens is 1. The van der Waals surface area contributed by atoms with Gasteiger partial charge in [0.25, 0.3) is 5.91 Å². The van der Waals surface area contributed by atoms with E-state index in [9.17, 15) is 4.79 Å². The average molecular weight is 265 g/mol. The zero-order valence-corrected chi connectivity index (χ0v) is 11.2. The van der Waals surface area contributed by atoms with E-state index >= 15 is 0 Å². The number of amides is 1. The Morgan fingerprint density at radius 2 is 2.05 bits per heavy atom. The van der Waals surface area contributed by atoms with Crippen LogP contribution in [0.1, 0.15) is 21.5 Å². The lowest BCUT2D eigenvalue weighted by molar-refractivity contribution is 0.102. The van der Waals surface area contributed by atoms with Crippen LogP contribution in [0.25, 0.3) is 0 Å². The van der Waals surface area contributed by atoms with Gasteiger partial charge in [0, 0.05) is 29.2 Å². The third-order valence-electron chi connectivity index (χ3n) is 2.76. The summed E-state index contributed by atoms with van der Waals surface area (Å²) in [6.07, 6.45) is 3.17. The summed E-state index contributed by atoms with van der Waals surface area (Å²) in [7, 11) is 0. The van der Waals surface area contributed by atoms with Gasteiger partial charge >= 0.3 is 0 Å². The minimum Gasteiger partial charge on any atom is -0.322 e. The summed E-state index contributed by atoms with van der Waals surface area (Å²) >= 11 is 0. The maximum atomic E-state index is 12.0. The highest BCUT2D eigenvalue weighted by molar-refractivity contribution is 6.04. The molecule has 0 spiro atoms. The zero-order valence-electron chi connectivity index (χ0n) is 11.2. The Morgan fingerprint density at radius 3 is 2.75 bits per heavy atom. The second kappa shape index (κ2) is 6.50. The van der Waals surface area contributed by atoms with Crippen LogP contribution in [-0.2, 0) is 0 Å². The van der Waals surface area contributed by atoms with Gasteiger partial charge in [-0.15, -0.1) is 0 Å². The quantitative estimate of drug-likeness (QED) is 0.815. The Hall–Kier alpha value is -2.64. The maximum absolute atomic E-state index is 12.0. The third kappa shape index (κ3) is 3.44. The number of carbonyl (C=O) groups is 1. The molecule has 0 atom stereocenters. The lowest BCUT2D eigenvalue weighted by Gasteiger charge is -2.07. The highest BCUT2D eigenvalue weighted by Crippen LogP contribution is 2.15. The van der Waals surface area contributed by atoms with E-state index in [1.807, 2.05) is 25.1 Å². The standard InChI is InChI=1S/C16H15N3O/c1-12-4-5-15(11-14(12)3-2-8-17)19-16(20)13-6-9-18-10-7-13/h4-7,9-11H,8,17H2,1H3,(H,19,20). The molecule has 1 amide bonds. The SMILES string of the molecule is Cc1ccc(NC(=O)c2ccncc2)cc1C#CCN. The zero-order chi connectivity index (χ0) is 14.4. The van der Waals surface area contributed by atoms with E-state index < -0.39 is 0 Å². The monoisotopic (exact) mass is 265 g/mol. The Kier molecular flexibility index (Phi) is 4.48. The van der Waals surface area contributed by atoms with Crippen LogP contribution < -0.4 is 11.1 Å². The van der Waals surface area contributed by atoms with Gasteiger partial charge in [-0.05, 0) is 36.8 Å². The van der Waals surface area contributed by atoms with Crippen LogP contribution in [0.15, 0.2) is 42.7 Å². The molecule has 100 valence electrons. The van der Waals surface area contributed by atoms with Crippen LogP contribution in [0.2, 0.25) is 0 Å². The number of benzene rings is 1. The number of nitrogens with zero attached hydrogens (tertiary/aromatic N) is 1. The van der Waals surface area contributed by atoms with Crippen LogP contribution in [0.5, 0.6) is 0 Å². The first-order chi connectivity index (χ1) is 9.70. The largest absolute Gasteiger partial charge is 0.322 e. The molecule has 1 aromatic heterocycles. The smallest absolute Gasteiger partial charge is 0.255 e. The van der Waals surface area contributed by atoms with Gasteiger partial charge in [-0.25, -0.2) is 0 Å². The number of anilines is 1. The molecule has 0 saturated carbocycles. The van der Waals surface area contributed by atoms with Crippen LogP contribution in [0, 0.1) is 18.8 Å². The number of nitrogens with one attached hydrogen (secondary N) is 1. The lowest BCUT2D eigenvalue weighted by atomic mass is 10.1. The molecule has 0 aliphatic carbocycles. The van der Waals surface area contributed by atoms with Gasteiger partial charge in [-0.2, -0.15) is 0 Å². The minimum absolute atomic E-state index is 0.172. The number of hydrogen-bond donors (Lipinski definition) is 2. The molecule has 0 fully saturated rings. The third-order valence-corrected chi connectivity index (χ3v) is 2.76. The van der Waals surface area contributed by atoms with E-state index in [2.05, 4.69) is 22.1 Å². The average Bonchev–Trinajstić information content (AvgIpc) is 2.48. The number of rotatable bonds is 2. The van der Waals surface area contributed by atoms with Crippen molar-refractivity contribution in [3.63, 3.8) is 0 Å². The summed E-state index contributed by atoms with van der Waals surface area (Å²) in [5.41, 5.74) is 8.56. The molecule has 0 aliphatic rings. The van der Waals surface area contributed by atoms with Crippen molar-refractivity contribution in [2.75, 3.05) is 11.9 Å². The molecular weight excluding hydrogens is 250 g/mol. The van der Waals surface area contributed by atoms with Crippen LogP contribution >= 0.6 is 0 Å². The number of hydrogen-bond acceptors (Lipinski definition) is 3. The maximum Gasteiger partial charge on any atom is 0.255 e. The van der Waals surface area contributed by atoms with E-state index in [1.54, 1.807) is 24.5 Å². The lowest BCUT2D eigenvalue weighted by Crippen LogP contribution is -2.12. The highest BCUT2D eigenvalue weighted by Gasteiger charge is 2.06.